The van der Waals surface area contributed by atoms with Gasteiger partial charge >= 0.3 is 5.97 Å². The summed E-state index contributed by atoms with van der Waals surface area (Å²) >= 11 is 5.52. The minimum Gasteiger partial charge on any atom is -0.477 e. The van der Waals surface area contributed by atoms with E-state index in [1.165, 1.54) is 6.07 Å². The van der Waals surface area contributed by atoms with Crippen molar-refractivity contribution < 1.29 is 20.1 Å². The number of aliphatic hydroxyl groups is 2. The van der Waals surface area contributed by atoms with Crippen molar-refractivity contribution in [2.45, 2.75) is 18.6 Å². The van der Waals surface area contributed by atoms with E-state index in [2.05, 4.69) is 4.98 Å². The molecule has 4 N–H and O–H groups in total. The third-order valence-corrected chi connectivity index (χ3v) is 3.20. The second kappa shape index (κ2) is 5.61. The van der Waals surface area contributed by atoms with Crippen molar-refractivity contribution in [3.63, 3.8) is 0 Å². The monoisotopic (exact) mass is 283 g/mol. The van der Waals surface area contributed by atoms with Crippen LogP contribution in [0.1, 0.15) is 28.6 Å². The summed E-state index contributed by atoms with van der Waals surface area (Å²) in [5.41, 5.74) is 1.28. The molecule has 0 saturated heterocycles. The van der Waals surface area contributed by atoms with Gasteiger partial charge in [-0.3, -0.25) is 0 Å². The molecule has 102 valence electrons. The van der Waals surface area contributed by atoms with Gasteiger partial charge in [-0.25, -0.2) is 4.79 Å². The van der Waals surface area contributed by atoms with Crippen LogP contribution < -0.4 is 0 Å². The molecule has 0 aliphatic heterocycles. The number of hydrogen-bond acceptors (Lipinski definition) is 3. The normalized spacial score (nSPS) is 14.5. The van der Waals surface area contributed by atoms with Crippen molar-refractivity contribution in [3.8, 4) is 0 Å². The highest BCUT2D eigenvalue weighted by molar-refractivity contribution is 6.17. The minimum atomic E-state index is -1.04. The summed E-state index contributed by atoms with van der Waals surface area (Å²) in [6.07, 6.45) is -1.69. The number of benzene rings is 1. The molecule has 0 bridgehead atoms. The van der Waals surface area contributed by atoms with Crippen LogP contribution in [-0.4, -0.2) is 38.3 Å². The highest BCUT2D eigenvalue weighted by Gasteiger charge is 2.18. The van der Waals surface area contributed by atoms with Gasteiger partial charge in [-0.2, -0.15) is 0 Å². The molecule has 2 unspecified atom stereocenters. The van der Waals surface area contributed by atoms with Gasteiger partial charge in [0, 0.05) is 16.8 Å². The third kappa shape index (κ3) is 2.89. The first-order valence-electron chi connectivity index (χ1n) is 5.81. The largest absolute Gasteiger partial charge is 0.477 e. The van der Waals surface area contributed by atoms with Crippen LogP contribution in [0.5, 0.6) is 0 Å². The number of aromatic carboxylic acids is 1. The van der Waals surface area contributed by atoms with E-state index >= 15 is 0 Å². The number of H-pyrrole nitrogens is 1. The quantitative estimate of drug-likeness (QED) is 0.630. The number of rotatable bonds is 5. The average Bonchev–Trinajstić information content (AvgIpc) is 2.81. The van der Waals surface area contributed by atoms with Gasteiger partial charge < -0.3 is 20.3 Å². The summed E-state index contributed by atoms with van der Waals surface area (Å²) in [7, 11) is 0. The number of aliphatic hydroxyl groups excluding tert-OH is 2. The number of hydrogen-bond donors (Lipinski definition) is 4. The predicted octanol–water partition coefficient (Wildman–Crippen LogP) is 1.89. The topological polar surface area (TPSA) is 93.6 Å². The van der Waals surface area contributed by atoms with Crippen molar-refractivity contribution >= 4 is 28.5 Å². The van der Waals surface area contributed by atoms with E-state index in [0.717, 1.165) is 0 Å². The van der Waals surface area contributed by atoms with Gasteiger partial charge in [-0.1, -0.05) is 6.07 Å². The van der Waals surface area contributed by atoms with Gasteiger partial charge in [-0.05, 0) is 30.2 Å². The second-order valence-corrected chi connectivity index (χ2v) is 4.70. The van der Waals surface area contributed by atoms with E-state index in [-0.39, 0.29) is 18.0 Å². The molecule has 0 amide bonds. The molecule has 2 rings (SSSR count). The van der Waals surface area contributed by atoms with Gasteiger partial charge in [-0.15, -0.1) is 11.6 Å². The smallest absolute Gasteiger partial charge is 0.352 e. The van der Waals surface area contributed by atoms with Crippen LogP contribution in [0, 0.1) is 0 Å². The molecule has 1 aromatic heterocycles. The first kappa shape index (κ1) is 13.9. The first-order chi connectivity index (χ1) is 9.02. The molecule has 19 heavy (non-hydrogen) atoms. The Hall–Kier alpha value is -1.56. The number of aromatic nitrogens is 1. The van der Waals surface area contributed by atoms with Gasteiger partial charge in [0.05, 0.1) is 6.10 Å². The Bertz CT molecular complexity index is 595. The van der Waals surface area contributed by atoms with Crippen molar-refractivity contribution in [1.82, 2.24) is 4.98 Å². The molecule has 6 heteroatoms. The molecular weight excluding hydrogens is 270 g/mol. The highest BCUT2D eigenvalue weighted by atomic mass is 35.5. The maximum absolute atomic E-state index is 10.8. The first-order valence-corrected chi connectivity index (χ1v) is 6.34. The molecule has 0 radical (unpaired) electrons. The zero-order valence-electron chi connectivity index (χ0n) is 10.0. The number of carbonyl (C=O) groups is 1. The van der Waals surface area contributed by atoms with E-state index in [4.69, 9.17) is 16.7 Å². The molecule has 2 aromatic rings. The Morgan fingerprint density at radius 1 is 1.32 bits per heavy atom. The maximum atomic E-state index is 10.8. The summed E-state index contributed by atoms with van der Waals surface area (Å²) in [6, 6.07) is 6.46. The number of carboxylic acids is 1. The lowest BCUT2D eigenvalue weighted by Gasteiger charge is -2.17. The molecule has 1 aromatic carbocycles. The maximum Gasteiger partial charge on any atom is 0.352 e. The Labute approximate surface area is 114 Å². The number of fused-ring (bicyclic) bond motifs is 1. The van der Waals surface area contributed by atoms with Crippen LogP contribution in [0.25, 0.3) is 10.9 Å². The molecule has 1 heterocycles. The fraction of sp³-hybridized carbons (Fsp3) is 0.308. The van der Waals surface area contributed by atoms with Crippen LogP contribution in [0.15, 0.2) is 24.3 Å². The van der Waals surface area contributed by atoms with Crippen LogP contribution >= 0.6 is 11.6 Å². The van der Waals surface area contributed by atoms with E-state index in [0.29, 0.717) is 16.5 Å². The summed E-state index contributed by atoms with van der Waals surface area (Å²) in [6.45, 7) is 0. The molecule has 0 fully saturated rings. The lowest BCUT2D eigenvalue weighted by Crippen LogP contribution is -2.18. The van der Waals surface area contributed by atoms with Crippen LogP contribution in [-0.2, 0) is 0 Å². The highest BCUT2D eigenvalue weighted by Crippen LogP contribution is 2.24. The van der Waals surface area contributed by atoms with Crippen molar-refractivity contribution in [1.29, 1.82) is 0 Å². The molecule has 2 atom stereocenters. The van der Waals surface area contributed by atoms with Crippen LogP contribution in [0.4, 0.5) is 0 Å². The molecule has 5 nitrogen and oxygen atoms in total. The average molecular weight is 284 g/mol. The Morgan fingerprint density at radius 2 is 2.05 bits per heavy atom. The standard InChI is InChI=1S/C13H14ClNO4/c14-4-3-11(16)12(17)7-1-2-9-8(5-7)6-10(15-9)13(18)19/h1-2,5-6,11-12,15-17H,3-4H2,(H,18,19). The predicted molar refractivity (Wildman–Crippen MR) is 71.6 cm³/mol. The van der Waals surface area contributed by atoms with Gasteiger partial charge in [0.1, 0.15) is 11.8 Å². The summed E-state index contributed by atoms with van der Waals surface area (Å²) in [5, 5.41) is 29.2. The molecule has 0 aliphatic carbocycles. The lowest BCUT2D eigenvalue weighted by atomic mass is 10.0. The van der Waals surface area contributed by atoms with Crippen LogP contribution in [0.3, 0.4) is 0 Å². The Kier molecular flexibility index (Phi) is 4.09. The molecule has 0 aliphatic rings. The Balaban J connectivity index is 2.32. The lowest BCUT2D eigenvalue weighted by molar-refractivity contribution is 0.0171. The van der Waals surface area contributed by atoms with Gasteiger partial charge in [0.2, 0.25) is 0 Å². The molecular formula is C13H14ClNO4. The van der Waals surface area contributed by atoms with Crippen molar-refractivity contribution in [3.05, 3.63) is 35.5 Å². The second-order valence-electron chi connectivity index (χ2n) is 4.32. The summed E-state index contributed by atoms with van der Waals surface area (Å²) < 4.78 is 0. The minimum absolute atomic E-state index is 0.0861. The number of halogens is 1. The number of alkyl halides is 1. The van der Waals surface area contributed by atoms with Crippen LogP contribution in [0.2, 0.25) is 0 Å². The van der Waals surface area contributed by atoms with E-state index in [1.807, 2.05) is 0 Å². The summed E-state index contributed by atoms with van der Waals surface area (Å²) in [5.74, 6) is -0.784. The fourth-order valence-electron chi connectivity index (χ4n) is 1.94. The Morgan fingerprint density at radius 3 is 2.68 bits per heavy atom. The van der Waals surface area contributed by atoms with Crippen molar-refractivity contribution in [2.75, 3.05) is 5.88 Å². The SMILES string of the molecule is O=C(O)c1cc2cc(C(O)C(O)CCCl)ccc2[nH]1. The zero-order valence-corrected chi connectivity index (χ0v) is 10.8. The van der Waals surface area contributed by atoms with Gasteiger partial charge in [0.25, 0.3) is 0 Å². The van der Waals surface area contributed by atoms with E-state index < -0.39 is 18.2 Å². The molecule has 0 saturated carbocycles. The third-order valence-electron chi connectivity index (χ3n) is 2.99. The van der Waals surface area contributed by atoms with E-state index in [9.17, 15) is 15.0 Å². The zero-order chi connectivity index (χ0) is 14.0. The number of aromatic amines is 1. The van der Waals surface area contributed by atoms with E-state index in [1.54, 1.807) is 18.2 Å². The van der Waals surface area contributed by atoms with Crippen molar-refractivity contribution in [2.24, 2.45) is 0 Å². The number of nitrogens with one attached hydrogen (secondary N) is 1. The number of carboxylic acid groups (broad SMARTS) is 1. The summed E-state index contributed by atoms with van der Waals surface area (Å²) in [4.78, 5) is 13.6. The molecule has 0 spiro atoms. The van der Waals surface area contributed by atoms with Gasteiger partial charge in [0.15, 0.2) is 0 Å². The fourth-order valence-corrected chi connectivity index (χ4v) is 2.17.